The lowest BCUT2D eigenvalue weighted by atomic mass is 9.89. The van der Waals surface area contributed by atoms with E-state index in [1.807, 2.05) is 6.07 Å². The predicted molar refractivity (Wildman–Crippen MR) is 81.2 cm³/mol. The zero-order chi connectivity index (χ0) is 13.9. The molecule has 0 amide bonds. The third-order valence-corrected chi connectivity index (χ3v) is 4.58. The molecule has 1 N–H and O–H groups in total. The summed E-state index contributed by atoms with van der Waals surface area (Å²) >= 11 is 6.21. The van der Waals surface area contributed by atoms with Crippen molar-refractivity contribution in [1.29, 1.82) is 0 Å². The quantitative estimate of drug-likeness (QED) is 0.893. The first-order valence-electron chi connectivity index (χ1n) is 7.75. The van der Waals surface area contributed by atoms with Crippen LogP contribution in [0.5, 0.6) is 5.88 Å². The van der Waals surface area contributed by atoms with Crippen LogP contribution in [0.2, 0.25) is 5.02 Å². The van der Waals surface area contributed by atoms with Crippen molar-refractivity contribution in [2.75, 3.05) is 0 Å². The minimum atomic E-state index is 0.316. The van der Waals surface area contributed by atoms with Gasteiger partial charge >= 0.3 is 0 Å². The summed E-state index contributed by atoms with van der Waals surface area (Å²) in [6.07, 6.45) is 9.46. The van der Waals surface area contributed by atoms with Gasteiger partial charge in [-0.15, -0.1) is 0 Å². The fourth-order valence-corrected chi connectivity index (χ4v) is 3.03. The van der Waals surface area contributed by atoms with Crippen molar-refractivity contribution < 1.29 is 4.74 Å². The minimum absolute atomic E-state index is 0.316. The van der Waals surface area contributed by atoms with E-state index >= 15 is 0 Å². The fourth-order valence-electron chi connectivity index (χ4n) is 2.86. The molecule has 0 bridgehead atoms. The molecular formula is C16H23ClN2O. The maximum atomic E-state index is 6.21. The summed E-state index contributed by atoms with van der Waals surface area (Å²) in [6, 6.07) is 2.68. The molecular weight excluding hydrogens is 272 g/mol. The van der Waals surface area contributed by atoms with Crippen molar-refractivity contribution in [3.63, 3.8) is 0 Å². The van der Waals surface area contributed by atoms with Gasteiger partial charge in [0.1, 0.15) is 6.10 Å². The van der Waals surface area contributed by atoms with Crippen LogP contribution in [0.25, 0.3) is 0 Å². The van der Waals surface area contributed by atoms with E-state index in [4.69, 9.17) is 16.3 Å². The van der Waals surface area contributed by atoms with Crippen LogP contribution in [0.15, 0.2) is 12.3 Å². The summed E-state index contributed by atoms with van der Waals surface area (Å²) in [5.41, 5.74) is 1.09. The Morgan fingerprint density at radius 2 is 2.20 bits per heavy atom. The van der Waals surface area contributed by atoms with Gasteiger partial charge in [0.05, 0.1) is 5.02 Å². The molecule has 2 aliphatic carbocycles. The largest absolute Gasteiger partial charge is 0.474 e. The van der Waals surface area contributed by atoms with Gasteiger partial charge in [0, 0.05) is 24.8 Å². The monoisotopic (exact) mass is 294 g/mol. The molecule has 110 valence electrons. The van der Waals surface area contributed by atoms with Gasteiger partial charge in [-0.2, -0.15) is 0 Å². The Balaban J connectivity index is 1.61. The highest BCUT2D eigenvalue weighted by molar-refractivity contribution is 6.31. The van der Waals surface area contributed by atoms with Crippen LogP contribution in [-0.4, -0.2) is 17.1 Å². The molecule has 1 aromatic heterocycles. The smallest absolute Gasteiger partial charge is 0.213 e. The Labute approximate surface area is 126 Å². The van der Waals surface area contributed by atoms with Gasteiger partial charge in [-0.25, -0.2) is 4.98 Å². The normalized spacial score (nSPS) is 26.5. The molecule has 3 nitrogen and oxygen atoms in total. The maximum absolute atomic E-state index is 6.21. The standard InChI is InChI=1S/C16H23ClN2O/c1-11-3-2-4-14(7-11)20-16-8-12(15(17)10-19-16)9-18-13-5-6-13/h8,10-11,13-14,18H,2-7,9H2,1H3. The van der Waals surface area contributed by atoms with Gasteiger partial charge in [0.2, 0.25) is 5.88 Å². The Kier molecular flexibility index (Phi) is 4.47. The molecule has 1 aromatic rings. The van der Waals surface area contributed by atoms with Crippen LogP contribution < -0.4 is 10.1 Å². The molecule has 0 aromatic carbocycles. The van der Waals surface area contributed by atoms with Crippen molar-refractivity contribution in [1.82, 2.24) is 10.3 Å². The third kappa shape index (κ3) is 3.86. The van der Waals surface area contributed by atoms with Gasteiger partial charge in [0.15, 0.2) is 0 Å². The lowest BCUT2D eigenvalue weighted by Crippen LogP contribution is -2.24. The Morgan fingerprint density at radius 1 is 1.35 bits per heavy atom. The number of nitrogens with one attached hydrogen (secondary N) is 1. The number of aromatic nitrogens is 1. The molecule has 4 heteroatoms. The molecule has 0 aliphatic heterocycles. The second-order valence-corrected chi connectivity index (χ2v) is 6.69. The van der Waals surface area contributed by atoms with E-state index in [0.717, 1.165) is 41.8 Å². The Hall–Kier alpha value is -0.800. The third-order valence-electron chi connectivity index (χ3n) is 4.24. The lowest BCUT2D eigenvalue weighted by Gasteiger charge is -2.27. The summed E-state index contributed by atoms with van der Waals surface area (Å²) in [7, 11) is 0. The van der Waals surface area contributed by atoms with Crippen LogP contribution in [-0.2, 0) is 6.54 Å². The van der Waals surface area contributed by atoms with E-state index in [0.29, 0.717) is 12.1 Å². The minimum Gasteiger partial charge on any atom is -0.474 e. The van der Waals surface area contributed by atoms with E-state index < -0.39 is 0 Å². The second-order valence-electron chi connectivity index (χ2n) is 6.28. The maximum Gasteiger partial charge on any atom is 0.213 e. The summed E-state index contributed by atoms with van der Waals surface area (Å²) in [6.45, 7) is 3.11. The first-order chi connectivity index (χ1) is 9.70. The van der Waals surface area contributed by atoms with Gasteiger partial charge in [-0.05, 0) is 43.6 Å². The van der Waals surface area contributed by atoms with E-state index in [-0.39, 0.29) is 0 Å². The molecule has 1 heterocycles. The number of pyridine rings is 1. The molecule has 2 saturated carbocycles. The van der Waals surface area contributed by atoms with Crippen molar-refractivity contribution in [3.05, 3.63) is 22.8 Å². The Bertz CT molecular complexity index is 462. The van der Waals surface area contributed by atoms with Gasteiger partial charge < -0.3 is 10.1 Å². The number of rotatable bonds is 5. The molecule has 2 unspecified atom stereocenters. The number of ether oxygens (including phenoxy) is 1. The molecule has 0 radical (unpaired) electrons. The lowest BCUT2D eigenvalue weighted by molar-refractivity contribution is 0.124. The first-order valence-corrected chi connectivity index (χ1v) is 8.13. The summed E-state index contributed by atoms with van der Waals surface area (Å²) in [4.78, 5) is 4.32. The average Bonchev–Trinajstić information content (AvgIpc) is 3.23. The number of hydrogen-bond donors (Lipinski definition) is 1. The molecule has 0 spiro atoms. The van der Waals surface area contributed by atoms with Crippen LogP contribution in [0.3, 0.4) is 0 Å². The SMILES string of the molecule is CC1CCCC(Oc2cc(CNC3CC3)c(Cl)cn2)C1. The van der Waals surface area contributed by atoms with E-state index in [1.165, 1.54) is 25.7 Å². The van der Waals surface area contributed by atoms with Gasteiger partial charge in [-0.3, -0.25) is 0 Å². The van der Waals surface area contributed by atoms with Crippen LogP contribution >= 0.6 is 11.6 Å². The molecule has 2 fully saturated rings. The highest BCUT2D eigenvalue weighted by Crippen LogP contribution is 2.28. The van der Waals surface area contributed by atoms with Crippen molar-refractivity contribution in [2.24, 2.45) is 5.92 Å². The molecule has 3 rings (SSSR count). The first kappa shape index (κ1) is 14.2. The molecule has 2 aliphatic rings. The van der Waals surface area contributed by atoms with Crippen molar-refractivity contribution in [2.45, 2.75) is 64.1 Å². The number of halogens is 1. The topological polar surface area (TPSA) is 34.1 Å². The summed E-state index contributed by atoms with van der Waals surface area (Å²) in [5.74, 6) is 1.48. The Morgan fingerprint density at radius 3 is 2.95 bits per heavy atom. The summed E-state index contributed by atoms with van der Waals surface area (Å²) in [5, 5.41) is 4.21. The average molecular weight is 295 g/mol. The fraction of sp³-hybridized carbons (Fsp3) is 0.688. The zero-order valence-electron chi connectivity index (χ0n) is 12.1. The molecule has 0 saturated heterocycles. The van der Waals surface area contributed by atoms with Crippen LogP contribution in [0.1, 0.15) is 51.0 Å². The highest BCUT2D eigenvalue weighted by atomic mass is 35.5. The van der Waals surface area contributed by atoms with E-state index in [2.05, 4.69) is 17.2 Å². The van der Waals surface area contributed by atoms with Crippen LogP contribution in [0, 0.1) is 5.92 Å². The van der Waals surface area contributed by atoms with Gasteiger partial charge in [-0.1, -0.05) is 24.9 Å². The number of nitrogens with zero attached hydrogens (tertiary/aromatic N) is 1. The zero-order valence-corrected chi connectivity index (χ0v) is 12.8. The molecule has 2 atom stereocenters. The van der Waals surface area contributed by atoms with E-state index in [9.17, 15) is 0 Å². The van der Waals surface area contributed by atoms with Crippen LogP contribution in [0.4, 0.5) is 0 Å². The summed E-state index contributed by atoms with van der Waals surface area (Å²) < 4.78 is 6.05. The van der Waals surface area contributed by atoms with E-state index in [1.54, 1.807) is 6.20 Å². The highest BCUT2D eigenvalue weighted by Gasteiger charge is 2.22. The van der Waals surface area contributed by atoms with Gasteiger partial charge in [0.25, 0.3) is 0 Å². The van der Waals surface area contributed by atoms with Crippen molar-refractivity contribution >= 4 is 11.6 Å². The number of hydrogen-bond acceptors (Lipinski definition) is 3. The second kappa shape index (κ2) is 6.31. The predicted octanol–water partition coefficient (Wildman–Crippen LogP) is 3.94. The van der Waals surface area contributed by atoms with Crippen molar-refractivity contribution in [3.8, 4) is 5.88 Å². The molecule has 20 heavy (non-hydrogen) atoms.